The number of aldehydes is 1. The smallest absolute Gasteiger partial charge is 0.139 e. The van der Waals surface area contributed by atoms with E-state index >= 15 is 0 Å². The van der Waals surface area contributed by atoms with Gasteiger partial charge in [-0.15, -0.1) is 0 Å². The van der Waals surface area contributed by atoms with Gasteiger partial charge in [0.25, 0.3) is 0 Å². The Morgan fingerprint density at radius 3 is 3.00 bits per heavy atom. The summed E-state index contributed by atoms with van der Waals surface area (Å²) >= 11 is 0. The van der Waals surface area contributed by atoms with Crippen molar-refractivity contribution in [3.8, 4) is 0 Å². The fourth-order valence-electron chi connectivity index (χ4n) is 0.845. The van der Waals surface area contributed by atoms with Crippen molar-refractivity contribution in [1.29, 1.82) is 0 Å². The Kier molecular flexibility index (Phi) is 2.80. The SMILES string of the molecule is O=CC1COC(CO)CN1. The molecule has 4 nitrogen and oxygen atoms in total. The Balaban J connectivity index is 2.23. The molecule has 10 heavy (non-hydrogen) atoms. The number of ether oxygens (including phenoxy) is 1. The number of morpholine rings is 1. The molecular weight excluding hydrogens is 134 g/mol. The topological polar surface area (TPSA) is 58.6 Å². The van der Waals surface area contributed by atoms with Crippen LogP contribution < -0.4 is 5.32 Å². The molecule has 0 aromatic rings. The highest BCUT2D eigenvalue weighted by molar-refractivity contribution is 5.57. The Morgan fingerprint density at radius 1 is 1.80 bits per heavy atom. The molecule has 0 radical (unpaired) electrons. The second-order valence-corrected chi connectivity index (χ2v) is 2.29. The minimum atomic E-state index is -0.192. The highest BCUT2D eigenvalue weighted by atomic mass is 16.5. The number of carbonyl (C=O) groups excluding carboxylic acids is 1. The van der Waals surface area contributed by atoms with E-state index in [0.29, 0.717) is 13.2 Å². The summed E-state index contributed by atoms with van der Waals surface area (Å²) in [5.74, 6) is 0. The molecule has 1 rings (SSSR count). The maximum Gasteiger partial charge on any atom is 0.139 e. The molecular formula is C6H11NO3. The summed E-state index contributed by atoms with van der Waals surface area (Å²) in [7, 11) is 0. The molecule has 0 aromatic carbocycles. The van der Waals surface area contributed by atoms with Gasteiger partial charge in [-0.25, -0.2) is 0 Å². The quantitative estimate of drug-likeness (QED) is 0.466. The van der Waals surface area contributed by atoms with Crippen LogP contribution in [-0.4, -0.2) is 43.3 Å². The standard InChI is InChI=1S/C6H11NO3/c8-2-5-4-10-6(3-9)1-7-5/h2,5-7,9H,1,3-4H2. The molecule has 58 valence electrons. The summed E-state index contributed by atoms with van der Waals surface area (Å²) < 4.78 is 5.09. The van der Waals surface area contributed by atoms with Gasteiger partial charge < -0.3 is 20.0 Å². The highest BCUT2D eigenvalue weighted by Crippen LogP contribution is 1.97. The van der Waals surface area contributed by atoms with Gasteiger partial charge in [0.2, 0.25) is 0 Å². The van der Waals surface area contributed by atoms with Crippen LogP contribution in [0.2, 0.25) is 0 Å². The summed E-state index contributed by atoms with van der Waals surface area (Å²) in [5, 5.41) is 11.5. The first-order valence-electron chi connectivity index (χ1n) is 3.28. The van der Waals surface area contributed by atoms with E-state index in [4.69, 9.17) is 9.84 Å². The van der Waals surface area contributed by atoms with Gasteiger partial charge in [0.1, 0.15) is 6.29 Å². The van der Waals surface area contributed by atoms with Crippen LogP contribution in [0, 0.1) is 0 Å². The van der Waals surface area contributed by atoms with Crippen LogP contribution in [0.5, 0.6) is 0 Å². The predicted octanol–water partition coefficient (Wildman–Crippen LogP) is -1.47. The third kappa shape index (κ3) is 1.76. The molecule has 2 atom stereocenters. The van der Waals surface area contributed by atoms with Crippen LogP contribution in [0.15, 0.2) is 0 Å². The zero-order chi connectivity index (χ0) is 7.40. The average molecular weight is 145 g/mol. The summed E-state index contributed by atoms with van der Waals surface area (Å²) in [5.41, 5.74) is 0. The Morgan fingerprint density at radius 2 is 2.60 bits per heavy atom. The van der Waals surface area contributed by atoms with Crippen molar-refractivity contribution in [3.63, 3.8) is 0 Å². The van der Waals surface area contributed by atoms with Crippen LogP contribution in [0.1, 0.15) is 0 Å². The Labute approximate surface area is 59.2 Å². The first-order valence-corrected chi connectivity index (χ1v) is 3.28. The summed E-state index contributed by atoms with van der Waals surface area (Å²) in [4.78, 5) is 10.1. The monoisotopic (exact) mass is 145 g/mol. The van der Waals surface area contributed by atoms with E-state index in [1.165, 1.54) is 0 Å². The summed E-state index contributed by atoms with van der Waals surface area (Å²) in [6.07, 6.45) is 0.671. The zero-order valence-corrected chi connectivity index (χ0v) is 5.62. The number of carbonyl (C=O) groups is 1. The lowest BCUT2D eigenvalue weighted by Gasteiger charge is -2.25. The van der Waals surface area contributed by atoms with Crippen LogP contribution in [0.25, 0.3) is 0 Å². The molecule has 1 saturated heterocycles. The number of hydrogen-bond donors (Lipinski definition) is 2. The van der Waals surface area contributed by atoms with Gasteiger partial charge in [0.15, 0.2) is 0 Å². The van der Waals surface area contributed by atoms with E-state index in [2.05, 4.69) is 5.32 Å². The van der Waals surface area contributed by atoms with Gasteiger partial charge in [-0.1, -0.05) is 0 Å². The van der Waals surface area contributed by atoms with Crippen molar-refractivity contribution >= 4 is 6.29 Å². The first kappa shape index (κ1) is 7.65. The van der Waals surface area contributed by atoms with Crippen molar-refractivity contribution < 1.29 is 14.6 Å². The van der Waals surface area contributed by atoms with Crippen LogP contribution in [0.4, 0.5) is 0 Å². The summed E-state index contributed by atoms with van der Waals surface area (Å²) in [6, 6.07) is -0.192. The average Bonchev–Trinajstić information content (AvgIpc) is 2.05. The van der Waals surface area contributed by atoms with Crippen molar-refractivity contribution in [2.24, 2.45) is 0 Å². The van der Waals surface area contributed by atoms with Crippen molar-refractivity contribution in [3.05, 3.63) is 0 Å². The fraction of sp³-hybridized carbons (Fsp3) is 0.833. The van der Waals surface area contributed by atoms with Gasteiger partial charge in [0.05, 0.1) is 25.4 Å². The van der Waals surface area contributed by atoms with Gasteiger partial charge in [0, 0.05) is 6.54 Å². The first-order chi connectivity index (χ1) is 4.86. The highest BCUT2D eigenvalue weighted by Gasteiger charge is 2.18. The molecule has 0 saturated carbocycles. The van der Waals surface area contributed by atoms with E-state index in [1.54, 1.807) is 0 Å². The van der Waals surface area contributed by atoms with Crippen LogP contribution in [0.3, 0.4) is 0 Å². The molecule has 1 heterocycles. The zero-order valence-electron chi connectivity index (χ0n) is 5.62. The van der Waals surface area contributed by atoms with E-state index in [9.17, 15) is 4.79 Å². The molecule has 0 bridgehead atoms. The second kappa shape index (κ2) is 3.65. The minimum Gasteiger partial charge on any atom is -0.394 e. The predicted molar refractivity (Wildman–Crippen MR) is 34.7 cm³/mol. The number of rotatable bonds is 2. The van der Waals surface area contributed by atoms with Gasteiger partial charge in [-0.05, 0) is 0 Å². The molecule has 2 N–H and O–H groups in total. The molecule has 1 fully saturated rings. The van der Waals surface area contributed by atoms with Gasteiger partial charge in [-0.2, -0.15) is 0 Å². The Bertz CT molecular complexity index is 110. The van der Waals surface area contributed by atoms with E-state index in [1.807, 2.05) is 0 Å². The molecule has 0 aromatic heterocycles. The number of hydrogen-bond acceptors (Lipinski definition) is 4. The third-order valence-corrected chi connectivity index (χ3v) is 1.49. The molecule has 2 unspecified atom stereocenters. The third-order valence-electron chi connectivity index (χ3n) is 1.49. The fourth-order valence-corrected chi connectivity index (χ4v) is 0.845. The maximum atomic E-state index is 10.1. The minimum absolute atomic E-state index is 0.0125. The van der Waals surface area contributed by atoms with Crippen LogP contribution in [-0.2, 0) is 9.53 Å². The van der Waals surface area contributed by atoms with Crippen molar-refractivity contribution in [2.45, 2.75) is 12.1 Å². The number of aliphatic hydroxyl groups is 1. The lowest BCUT2D eigenvalue weighted by atomic mass is 10.2. The Hall–Kier alpha value is -0.450. The van der Waals surface area contributed by atoms with E-state index < -0.39 is 0 Å². The van der Waals surface area contributed by atoms with Crippen LogP contribution >= 0.6 is 0 Å². The van der Waals surface area contributed by atoms with Gasteiger partial charge in [-0.3, -0.25) is 0 Å². The number of aliphatic hydroxyl groups excluding tert-OH is 1. The number of nitrogens with one attached hydrogen (secondary N) is 1. The van der Waals surface area contributed by atoms with Crippen molar-refractivity contribution in [2.75, 3.05) is 19.8 Å². The maximum absolute atomic E-state index is 10.1. The lowest BCUT2D eigenvalue weighted by Crippen LogP contribution is -2.48. The normalized spacial score (nSPS) is 33.7. The largest absolute Gasteiger partial charge is 0.394 e. The summed E-state index contributed by atoms with van der Waals surface area (Å²) in [6.45, 7) is 0.938. The lowest BCUT2D eigenvalue weighted by molar-refractivity contribution is -0.114. The van der Waals surface area contributed by atoms with Gasteiger partial charge >= 0.3 is 0 Å². The molecule has 1 aliphatic heterocycles. The molecule has 0 amide bonds. The molecule has 1 aliphatic rings. The molecule has 0 spiro atoms. The van der Waals surface area contributed by atoms with E-state index in [-0.39, 0.29) is 18.8 Å². The van der Waals surface area contributed by atoms with Crippen molar-refractivity contribution in [1.82, 2.24) is 5.32 Å². The second-order valence-electron chi connectivity index (χ2n) is 2.29. The molecule has 0 aliphatic carbocycles. The molecule has 4 heteroatoms. The van der Waals surface area contributed by atoms with E-state index in [0.717, 1.165) is 6.29 Å².